The third-order valence-electron chi connectivity index (χ3n) is 4.45. The van der Waals surface area contributed by atoms with Crippen molar-refractivity contribution in [2.24, 2.45) is 0 Å². The number of hydrogen-bond acceptors (Lipinski definition) is 3. The van der Waals surface area contributed by atoms with Gasteiger partial charge in [-0.25, -0.2) is 0 Å². The maximum absolute atomic E-state index is 12.8. The molecule has 1 aliphatic rings. The van der Waals surface area contributed by atoms with Crippen LogP contribution in [-0.2, 0) is 6.18 Å². The number of alkyl halides is 3. The highest BCUT2D eigenvalue weighted by atomic mass is 19.4. The van der Waals surface area contributed by atoms with Gasteiger partial charge in [-0.3, -0.25) is 9.69 Å². The lowest BCUT2D eigenvalue weighted by molar-refractivity contribution is -0.137. The van der Waals surface area contributed by atoms with Gasteiger partial charge >= 0.3 is 6.18 Å². The Kier molecular flexibility index (Phi) is 5.87. The third kappa shape index (κ3) is 4.70. The first kappa shape index (κ1) is 18.7. The molecule has 1 heterocycles. The van der Waals surface area contributed by atoms with Crippen molar-refractivity contribution in [3.05, 3.63) is 35.4 Å². The highest BCUT2D eigenvalue weighted by Gasteiger charge is 2.31. The molecule has 7 heteroatoms. The minimum atomic E-state index is -4.46. The van der Waals surface area contributed by atoms with Crippen LogP contribution in [0, 0.1) is 0 Å². The van der Waals surface area contributed by atoms with Crippen molar-refractivity contribution in [1.29, 1.82) is 0 Å². The maximum Gasteiger partial charge on any atom is 0.416 e. The molecule has 24 heavy (non-hydrogen) atoms. The quantitative estimate of drug-likeness (QED) is 0.863. The van der Waals surface area contributed by atoms with Crippen molar-refractivity contribution < 1.29 is 23.1 Å². The number of hydrogen-bond donors (Lipinski definition) is 1. The Morgan fingerprint density at radius 3 is 2.67 bits per heavy atom. The van der Waals surface area contributed by atoms with Gasteiger partial charge in [0, 0.05) is 31.7 Å². The zero-order chi connectivity index (χ0) is 17.9. The summed E-state index contributed by atoms with van der Waals surface area (Å²) in [5.74, 6) is -0.409. The van der Waals surface area contributed by atoms with Crippen LogP contribution in [0.4, 0.5) is 13.2 Å². The summed E-state index contributed by atoms with van der Waals surface area (Å²) in [6, 6.07) is 4.44. The molecule has 2 rings (SSSR count). The van der Waals surface area contributed by atoms with Crippen molar-refractivity contribution in [2.75, 3.05) is 26.7 Å². The minimum absolute atomic E-state index is 0.0463. The molecule has 134 valence electrons. The average Bonchev–Trinajstić information content (AvgIpc) is 2.50. The molecule has 0 saturated carbocycles. The molecule has 1 aliphatic heterocycles. The molecule has 0 bridgehead atoms. The number of aliphatic hydroxyl groups excluding tert-OH is 1. The van der Waals surface area contributed by atoms with Crippen LogP contribution in [0.1, 0.15) is 35.7 Å². The Balaban J connectivity index is 1.88. The number of carbonyl (C=O) groups excluding carboxylic acids is 1. The smallest absolute Gasteiger partial charge is 0.390 e. The Labute approximate surface area is 139 Å². The number of rotatable bonds is 6. The van der Waals surface area contributed by atoms with Crippen molar-refractivity contribution in [3.8, 4) is 0 Å². The zero-order valence-electron chi connectivity index (χ0n) is 13.9. The summed E-state index contributed by atoms with van der Waals surface area (Å²) in [6.45, 7) is 4.12. The van der Waals surface area contributed by atoms with E-state index in [9.17, 15) is 23.1 Å². The molecule has 1 N–H and O–H groups in total. The van der Waals surface area contributed by atoms with Crippen LogP contribution in [0.3, 0.4) is 0 Å². The predicted octanol–water partition coefficient (Wildman–Crippen LogP) is 2.62. The lowest BCUT2D eigenvalue weighted by Gasteiger charge is -2.36. The molecule has 0 aliphatic carbocycles. The Bertz CT molecular complexity index is 571. The topological polar surface area (TPSA) is 43.8 Å². The molecule has 1 unspecified atom stereocenters. The van der Waals surface area contributed by atoms with E-state index in [2.05, 4.69) is 4.90 Å². The first-order valence-electron chi connectivity index (χ1n) is 8.03. The lowest BCUT2D eigenvalue weighted by atomic mass is 10.1. The van der Waals surface area contributed by atoms with Gasteiger partial charge in [-0.1, -0.05) is 6.07 Å². The Morgan fingerprint density at radius 2 is 2.08 bits per heavy atom. The van der Waals surface area contributed by atoms with E-state index < -0.39 is 17.6 Å². The van der Waals surface area contributed by atoms with E-state index in [-0.39, 0.29) is 17.7 Å². The first-order valence-corrected chi connectivity index (χ1v) is 8.03. The van der Waals surface area contributed by atoms with Crippen LogP contribution in [0.15, 0.2) is 24.3 Å². The monoisotopic (exact) mass is 344 g/mol. The van der Waals surface area contributed by atoms with E-state index in [0.717, 1.165) is 31.5 Å². The fourth-order valence-electron chi connectivity index (χ4n) is 2.76. The van der Waals surface area contributed by atoms with Gasteiger partial charge < -0.3 is 10.0 Å². The van der Waals surface area contributed by atoms with Crippen molar-refractivity contribution in [2.45, 2.75) is 38.1 Å². The molecule has 1 saturated heterocycles. The fourth-order valence-corrected chi connectivity index (χ4v) is 2.76. The van der Waals surface area contributed by atoms with E-state index in [0.29, 0.717) is 13.1 Å². The normalized spacial score (nSPS) is 17.4. The van der Waals surface area contributed by atoms with Gasteiger partial charge in [0.1, 0.15) is 0 Å². The van der Waals surface area contributed by atoms with Gasteiger partial charge in [0.25, 0.3) is 5.91 Å². The van der Waals surface area contributed by atoms with Crippen LogP contribution < -0.4 is 0 Å². The van der Waals surface area contributed by atoms with E-state index >= 15 is 0 Å². The summed E-state index contributed by atoms with van der Waals surface area (Å²) in [6.07, 6.45) is -3.06. The highest BCUT2D eigenvalue weighted by molar-refractivity contribution is 5.94. The van der Waals surface area contributed by atoms with Gasteiger partial charge in [0.05, 0.1) is 11.7 Å². The van der Waals surface area contributed by atoms with Crippen LogP contribution in [0.2, 0.25) is 0 Å². The summed E-state index contributed by atoms with van der Waals surface area (Å²) in [4.78, 5) is 16.0. The molecule has 4 nitrogen and oxygen atoms in total. The molecule has 0 aromatic heterocycles. The van der Waals surface area contributed by atoms with Gasteiger partial charge in [-0.2, -0.15) is 13.2 Å². The molecule has 1 fully saturated rings. The van der Waals surface area contributed by atoms with Crippen LogP contribution in [-0.4, -0.2) is 59.6 Å². The molecular formula is C17H23F3N2O2. The van der Waals surface area contributed by atoms with Gasteiger partial charge in [0.15, 0.2) is 0 Å². The number of benzene rings is 1. The van der Waals surface area contributed by atoms with Crippen LogP contribution in [0.5, 0.6) is 0 Å². The second kappa shape index (κ2) is 7.53. The van der Waals surface area contributed by atoms with E-state index in [1.807, 2.05) is 6.92 Å². The van der Waals surface area contributed by atoms with E-state index in [4.69, 9.17) is 0 Å². The molecule has 0 radical (unpaired) electrons. The number of nitrogens with zero attached hydrogens (tertiary/aromatic N) is 2. The SMILES string of the molecule is CC(CCCN1CC(O)C1)N(C)C(=O)c1cccc(C(F)(F)F)c1. The standard InChI is InChI=1S/C17H23F3N2O2/c1-12(5-4-8-22-10-15(23)11-22)21(2)16(24)13-6-3-7-14(9-13)17(18,19)20/h3,6-7,9,12,15,23H,4-5,8,10-11H2,1-2H3. The Morgan fingerprint density at radius 1 is 1.42 bits per heavy atom. The van der Waals surface area contributed by atoms with Crippen LogP contribution >= 0.6 is 0 Å². The number of aliphatic hydroxyl groups is 1. The summed E-state index contributed by atoms with van der Waals surface area (Å²) >= 11 is 0. The number of likely N-dealkylation sites (tertiary alicyclic amines) is 1. The van der Waals surface area contributed by atoms with E-state index in [1.165, 1.54) is 17.0 Å². The van der Waals surface area contributed by atoms with Gasteiger partial charge in [-0.05, 0) is 44.5 Å². The number of β-amino-alcohol motifs (C(OH)–C–C–N with tert-alkyl or cyclic N) is 1. The number of amides is 1. The molecule has 1 atom stereocenters. The number of halogens is 3. The summed E-state index contributed by atoms with van der Waals surface area (Å²) < 4.78 is 38.3. The molecule has 1 amide bonds. The second-order valence-electron chi connectivity index (χ2n) is 6.40. The molecule has 1 aromatic carbocycles. The largest absolute Gasteiger partial charge is 0.416 e. The molecule has 1 aromatic rings. The number of carbonyl (C=O) groups is 1. The second-order valence-corrected chi connectivity index (χ2v) is 6.40. The van der Waals surface area contributed by atoms with Crippen molar-refractivity contribution in [1.82, 2.24) is 9.80 Å². The summed E-state index contributed by atoms with van der Waals surface area (Å²) in [5, 5.41) is 9.22. The highest BCUT2D eigenvalue weighted by Crippen LogP contribution is 2.29. The molecular weight excluding hydrogens is 321 g/mol. The third-order valence-corrected chi connectivity index (χ3v) is 4.45. The fraction of sp³-hybridized carbons (Fsp3) is 0.588. The van der Waals surface area contributed by atoms with Crippen molar-refractivity contribution >= 4 is 5.91 Å². The first-order chi connectivity index (χ1) is 11.2. The Hall–Kier alpha value is -1.60. The average molecular weight is 344 g/mol. The zero-order valence-corrected chi connectivity index (χ0v) is 13.9. The minimum Gasteiger partial charge on any atom is -0.390 e. The molecule has 0 spiro atoms. The van der Waals surface area contributed by atoms with Gasteiger partial charge in [0.2, 0.25) is 0 Å². The van der Waals surface area contributed by atoms with Crippen molar-refractivity contribution in [3.63, 3.8) is 0 Å². The van der Waals surface area contributed by atoms with Gasteiger partial charge in [-0.15, -0.1) is 0 Å². The van der Waals surface area contributed by atoms with Crippen LogP contribution in [0.25, 0.3) is 0 Å². The summed E-state index contributed by atoms with van der Waals surface area (Å²) in [7, 11) is 1.61. The summed E-state index contributed by atoms with van der Waals surface area (Å²) in [5.41, 5.74) is -0.768. The predicted molar refractivity (Wildman–Crippen MR) is 84.7 cm³/mol. The lowest BCUT2D eigenvalue weighted by Crippen LogP contribution is -2.50. The maximum atomic E-state index is 12.8. The van der Waals surface area contributed by atoms with E-state index in [1.54, 1.807) is 7.05 Å².